The lowest BCUT2D eigenvalue weighted by Gasteiger charge is -2.31. The van der Waals surface area contributed by atoms with Crippen LogP contribution in [0.15, 0.2) is 10.6 Å². The van der Waals surface area contributed by atoms with Crippen LogP contribution in [-0.2, 0) is 0 Å². The molecule has 1 aliphatic rings. The quantitative estimate of drug-likeness (QED) is 0.835. The van der Waals surface area contributed by atoms with Gasteiger partial charge in [-0.1, -0.05) is 5.16 Å². The van der Waals surface area contributed by atoms with Crippen molar-refractivity contribution in [2.45, 2.75) is 39.5 Å². The minimum Gasteiger partial charge on any atom is -0.340 e. The summed E-state index contributed by atoms with van der Waals surface area (Å²) in [6, 6.07) is 1.99. The predicted molar refractivity (Wildman–Crippen MR) is 74.7 cm³/mol. The molecule has 0 bridgehead atoms. The summed E-state index contributed by atoms with van der Waals surface area (Å²) in [5, 5.41) is 4.05. The lowest BCUT2D eigenvalue weighted by atomic mass is 9.98. The first-order valence-corrected chi connectivity index (χ1v) is 6.99. The van der Waals surface area contributed by atoms with E-state index in [1.54, 1.807) is 0 Å². The van der Waals surface area contributed by atoms with E-state index in [1.807, 2.05) is 26.8 Å². The Morgan fingerprint density at radius 2 is 1.90 bits per heavy atom. The highest BCUT2D eigenvalue weighted by molar-refractivity contribution is 5.33. The van der Waals surface area contributed by atoms with Crippen LogP contribution in [0.25, 0.3) is 0 Å². The zero-order chi connectivity index (χ0) is 14.1. The Bertz CT molecular complexity index is 589. The Balaban J connectivity index is 1.81. The van der Waals surface area contributed by atoms with Crippen molar-refractivity contribution < 1.29 is 4.52 Å². The molecule has 0 aliphatic carbocycles. The van der Waals surface area contributed by atoms with E-state index in [9.17, 15) is 0 Å². The van der Waals surface area contributed by atoms with Gasteiger partial charge in [-0.3, -0.25) is 0 Å². The summed E-state index contributed by atoms with van der Waals surface area (Å²) in [6.45, 7) is 7.66. The van der Waals surface area contributed by atoms with E-state index in [0.29, 0.717) is 11.8 Å². The van der Waals surface area contributed by atoms with Crippen LogP contribution in [0, 0.1) is 20.8 Å². The van der Waals surface area contributed by atoms with E-state index in [1.165, 1.54) is 0 Å². The molecule has 2 aromatic rings. The molecule has 20 heavy (non-hydrogen) atoms. The lowest BCUT2D eigenvalue weighted by molar-refractivity contribution is 0.376. The third kappa shape index (κ3) is 2.64. The van der Waals surface area contributed by atoms with Crippen LogP contribution in [0.2, 0.25) is 0 Å². The summed E-state index contributed by atoms with van der Waals surface area (Å²) in [5.41, 5.74) is 2.01. The lowest BCUT2D eigenvalue weighted by Crippen LogP contribution is -2.36. The SMILES string of the molecule is Cc1cc(C)nc(N2CCCC(c3noc(C)n3)C2)n1. The summed E-state index contributed by atoms with van der Waals surface area (Å²) in [7, 11) is 0. The number of piperidine rings is 1. The summed E-state index contributed by atoms with van der Waals surface area (Å²) in [4.78, 5) is 15.7. The van der Waals surface area contributed by atoms with Crippen molar-refractivity contribution in [2.75, 3.05) is 18.0 Å². The van der Waals surface area contributed by atoms with E-state index in [0.717, 1.165) is 49.1 Å². The minimum absolute atomic E-state index is 0.297. The first-order valence-electron chi connectivity index (χ1n) is 6.99. The molecule has 6 heteroatoms. The monoisotopic (exact) mass is 273 g/mol. The molecule has 0 radical (unpaired) electrons. The van der Waals surface area contributed by atoms with Crippen molar-refractivity contribution >= 4 is 5.95 Å². The van der Waals surface area contributed by atoms with Crippen LogP contribution >= 0.6 is 0 Å². The molecule has 1 atom stereocenters. The number of anilines is 1. The number of hydrogen-bond donors (Lipinski definition) is 0. The van der Waals surface area contributed by atoms with Crippen molar-refractivity contribution in [1.82, 2.24) is 20.1 Å². The molecule has 0 saturated carbocycles. The van der Waals surface area contributed by atoms with Crippen molar-refractivity contribution in [3.63, 3.8) is 0 Å². The second-order valence-corrected chi connectivity index (χ2v) is 5.41. The van der Waals surface area contributed by atoms with Crippen LogP contribution in [0.3, 0.4) is 0 Å². The third-order valence-electron chi connectivity index (χ3n) is 3.58. The van der Waals surface area contributed by atoms with Gasteiger partial charge in [0.15, 0.2) is 5.82 Å². The number of rotatable bonds is 2. The number of aromatic nitrogens is 4. The van der Waals surface area contributed by atoms with Gasteiger partial charge in [-0.15, -0.1) is 0 Å². The zero-order valence-corrected chi connectivity index (χ0v) is 12.1. The van der Waals surface area contributed by atoms with Crippen LogP contribution in [0.1, 0.15) is 41.9 Å². The van der Waals surface area contributed by atoms with E-state index in [2.05, 4.69) is 25.0 Å². The molecule has 0 spiro atoms. The highest BCUT2D eigenvalue weighted by atomic mass is 16.5. The molecular weight excluding hydrogens is 254 g/mol. The topological polar surface area (TPSA) is 67.9 Å². The first kappa shape index (κ1) is 13.0. The largest absolute Gasteiger partial charge is 0.340 e. The molecule has 6 nitrogen and oxygen atoms in total. The molecule has 1 aliphatic heterocycles. The van der Waals surface area contributed by atoms with E-state index in [4.69, 9.17) is 4.52 Å². The van der Waals surface area contributed by atoms with Gasteiger partial charge < -0.3 is 9.42 Å². The maximum atomic E-state index is 5.09. The third-order valence-corrected chi connectivity index (χ3v) is 3.58. The minimum atomic E-state index is 0.297. The molecule has 1 fully saturated rings. The van der Waals surface area contributed by atoms with Gasteiger partial charge in [0.1, 0.15) is 0 Å². The van der Waals surface area contributed by atoms with Crippen LogP contribution in [-0.4, -0.2) is 33.2 Å². The molecule has 1 saturated heterocycles. The van der Waals surface area contributed by atoms with Crippen LogP contribution in [0.5, 0.6) is 0 Å². The second-order valence-electron chi connectivity index (χ2n) is 5.41. The number of nitrogens with zero attached hydrogens (tertiary/aromatic N) is 5. The normalized spacial score (nSPS) is 19.4. The van der Waals surface area contributed by atoms with Crippen LogP contribution < -0.4 is 4.90 Å². The van der Waals surface area contributed by atoms with Gasteiger partial charge in [-0.05, 0) is 32.8 Å². The Labute approximate surface area is 118 Å². The Morgan fingerprint density at radius 1 is 1.15 bits per heavy atom. The van der Waals surface area contributed by atoms with E-state index in [-0.39, 0.29) is 0 Å². The standard InChI is InChI=1S/C14H19N5O/c1-9-7-10(2)16-14(15-9)19-6-4-5-12(8-19)13-17-11(3)20-18-13/h7,12H,4-6,8H2,1-3H3. The average Bonchev–Trinajstić information content (AvgIpc) is 2.85. The Hall–Kier alpha value is -1.98. The fraction of sp³-hybridized carbons (Fsp3) is 0.571. The first-order chi connectivity index (χ1) is 9.61. The van der Waals surface area contributed by atoms with Gasteiger partial charge in [0.2, 0.25) is 11.8 Å². The van der Waals surface area contributed by atoms with Crippen molar-refractivity contribution in [2.24, 2.45) is 0 Å². The second kappa shape index (κ2) is 5.19. The van der Waals surface area contributed by atoms with Gasteiger partial charge >= 0.3 is 0 Å². The highest BCUT2D eigenvalue weighted by Crippen LogP contribution is 2.27. The molecular formula is C14H19N5O. The van der Waals surface area contributed by atoms with Crippen molar-refractivity contribution in [3.05, 3.63) is 29.2 Å². The van der Waals surface area contributed by atoms with Gasteiger partial charge in [0.05, 0.1) is 0 Å². The number of hydrogen-bond acceptors (Lipinski definition) is 6. The predicted octanol–water partition coefficient (Wildman–Crippen LogP) is 2.17. The fourth-order valence-corrected chi connectivity index (χ4v) is 2.70. The average molecular weight is 273 g/mol. The highest BCUT2D eigenvalue weighted by Gasteiger charge is 2.26. The molecule has 0 N–H and O–H groups in total. The van der Waals surface area contributed by atoms with Gasteiger partial charge in [0, 0.05) is 37.3 Å². The maximum Gasteiger partial charge on any atom is 0.225 e. The molecule has 1 unspecified atom stereocenters. The smallest absolute Gasteiger partial charge is 0.225 e. The summed E-state index contributed by atoms with van der Waals surface area (Å²) < 4.78 is 5.09. The van der Waals surface area contributed by atoms with Gasteiger partial charge in [0.25, 0.3) is 0 Å². The van der Waals surface area contributed by atoms with Gasteiger partial charge in [-0.25, -0.2) is 9.97 Å². The fourth-order valence-electron chi connectivity index (χ4n) is 2.70. The van der Waals surface area contributed by atoms with Crippen LogP contribution in [0.4, 0.5) is 5.95 Å². The molecule has 3 rings (SSSR count). The zero-order valence-electron chi connectivity index (χ0n) is 12.1. The number of aryl methyl sites for hydroxylation is 3. The van der Waals surface area contributed by atoms with E-state index < -0.39 is 0 Å². The summed E-state index contributed by atoms with van der Waals surface area (Å²) in [6.07, 6.45) is 2.18. The molecule has 0 amide bonds. The Kier molecular flexibility index (Phi) is 3.38. The summed E-state index contributed by atoms with van der Waals surface area (Å²) in [5.74, 6) is 2.54. The molecule has 106 valence electrons. The van der Waals surface area contributed by atoms with Crippen molar-refractivity contribution in [1.29, 1.82) is 0 Å². The van der Waals surface area contributed by atoms with Crippen molar-refractivity contribution in [3.8, 4) is 0 Å². The van der Waals surface area contributed by atoms with Gasteiger partial charge in [-0.2, -0.15) is 4.98 Å². The van der Waals surface area contributed by atoms with E-state index >= 15 is 0 Å². The molecule has 0 aromatic carbocycles. The molecule has 3 heterocycles. The molecule has 2 aromatic heterocycles. The maximum absolute atomic E-state index is 5.09. The Morgan fingerprint density at radius 3 is 2.55 bits per heavy atom. The summed E-state index contributed by atoms with van der Waals surface area (Å²) >= 11 is 0.